The van der Waals surface area contributed by atoms with Crippen LogP contribution in [0, 0.1) is 0 Å². The summed E-state index contributed by atoms with van der Waals surface area (Å²) in [4.78, 5) is 4.27. The molecule has 0 fully saturated rings. The predicted octanol–water partition coefficient (Wildman–Crippen LogP) is 3.35. The van der Waals surface area contributed by atoms with Crippen molar-refractivity contribution in [3.8, 4) is 0 Å². The number of hydrogen-bond donors (Lipinski definition) is 2. The highest BCUT2D eigenvalue weighted by molar-refractivity contribution is 6.30. The van der Waals surface area contributed by atoms with E-state index in [0.29, 0.717) is 10.8 Å². The van der Waals surface area contributed by atoms with E-state index in [4.69, 9.17) is 11.6 Å². The van der Waals surface area contributed by atoms with E-state index in [1.807, 2.05) is 36.4 Å². The van der Waals surface area contributed by atoms with Crippen LogP contribution in [0.1, 0.15) is 0 Å². The lowest BCUT2D eigenvalue weighted by molar-refractivity contribution is 1.12. The van der Waals surface area contributed by atoms with E-state index >= 15 is 0 Å². The molecule has 84 valence electrons. The average Bonchev–Trinajstić information content (AvgIpc) is 2.76. The van der Waals surface area contributed by atoms with Gasteiger partial charge in [-0.25, -0.2) is 0 Å². The van der Waals surface area contributed by atoms with E-state index in [0.717, 1.165) is 16.7 Å². The predicted molar refractivity (Wildman–Crippen MR) is 68.6 cm³/mol. The molecule has 3 rings (SSSR count). The molecule has 17 heavy (non-hydrogen) atoms. The van der Waals surface area contributed by atoms with Gasteiger partial charge in [0.2, 0.25) is 0 Å². The van der Waals surface area contributed by atoms with Crippen LogP contribution >= 0.6 is 11.6 Å². The zero-order chi connectivity index (χ0) is 11.7. The molecule has 0 aliphatic heterocycles. The van der Waals surface area contributed by atoms with Gasteiger partial charge in [0.25, 0.3) is 0 Å². The van der Waals surface area contributed by atoms with Crippen molar-refractivity contribution in [1.29, 1.82) is 0 Å². The summed E-state index contributed by atoms with van der Waals surface area (Å²) in [7, 11) is 0. The zero-order valence-corrected chi connectivity index (χ0v) is 9.57. The van der Waals surface area contributed by atoms with Crippen molar-refractivity contribution in [1.82, 2.24) is 15.2 Å². The Morgan fingerprint density at radius 1 is 1.12 bits per heavy atom. The van der Waals surface area contributed by atoms with Crippen molar-refractivity contribution in [2.45, 2.75) is 0 Å². The fraction of sp³-hybridized carbons (Fsp3) is 0. The van der Waals surface area contributed by atoms with Crippen LogP contribution in [-0.2, 0) is 0 Å². The summed E-state index contributed by atoms with van der Waals surface area (Å²) in [6.45, 7) is 0. The topological polar surface area (TPSA) is 53.6 Å². The Morgan fingerprint density at radius 2 is 1.94 bits per heavy atom. The van der Waals surface area contributed by atoms with Crippen LogP contribution in [-0.4, -0.2) is 15.2 Å². The first-order valence-electron chi connectivity index (χ1n) is 5.14. The summed E-state index contributed by atoms with van der Waals surface area (Å²) in [5.41, 5.74) is 2.65. The normalized spacial score (nSPS) is 10.6. The summed E-state index contributed by atoms with van der Waals surface area (Å²) in [6.07, 6.45) is 1.74. The number of rotatable bonds is 2. The molecule has 2 N–H and O–H groups in total. The van der Waals surface area contributed by atoms with Crippen LogP contribution < -0.4 is 5.32 Å². The number of fused-ring (bicyclic) bond motifs is 1. The van der Waals surface area contributed by atoms with Crippen molar-refractivity contribution < 1.29 is 0 Å². The number of halogens is 1. The van der Waals surface area contributed by atoms with Gasteiger partial charge in [0.1, 0.15) is 5.52 Å². The number of anilines is 2. The smallest absolute Gasteiger partial charge is 0.178 e. The van der Waals surface area contributed by atoms with Gasteiger partial charge in [0.15, 0.2) is 5.82 Å². The molecular weight excluding hydrogens is 236 g/mol. The quantitative estimate of drug-likeness (QED) is 0.727. The molecular formula is C12H9ClN4. The van der Waals surface area contributed by atoms with Crippen molar-refractivity contribution in [2.75, 3.05) is 5.32 Å². The molecule has 0 radical (unpaired) electrons. The van der Waals surface area contributed by atoms with Crippen LogP contribution in [0.4, 0.5) is 11.5 Å². The lowest BCUT2D eigenvalue weighted by atomic mass is 10.3. The first kappa shape index (κ1) is 10.1. The molecule has 0 bridgehead atoms. The SMILES string of the molecule is Clc1ccc(Nc2n[nH]c3cccnc23)cc1. The monoisotopic (exact) mass is 244 g/mol. The highest BCUT2D eigenvalue weighted by Gasteiger charge is 2.05. The lowest BCUT2D eigenvalue weighted by Gasteiger charge is -2.02. The standard InChI is InChI=1S/C12H9ClN4/c13-8-3-5-9(6-4-8)15-12-11-10(16-17-12)2-1-7-14-11/h1-7H,(H2,15,16,17). The van der Waals surface area contributed by atoms with E-state index in [1.54, 1.807) is 6.20 Å². The maximum absolute atomic E-state index is 5.83. The molecule has 4 nitrogen and oxygen atoms in total. The minimum absolute atomic E-state index is 0.709. The molecule has 0 amide bonds. The molecule has 0 unspecified atom stereocenters. The second-order valence-corrected chi connectivity index (χ2v) is 4.04. The third kappa shape index (κ3) is 1.94. The van der Waals surface area contributed by atoms with Crippen molar-refractivity contribution in [3.05, 3.63) is 47.6 Å². The third-order valence-corrected chi connectivity index (χ3v) is 2.68. The van der Waals surface area contributed by atoms with E-state index < -0.39 is 0 Å². The number of hydrogen-bond acceptors (Lipinski definition) is 3. The second-order valence-electron chi connectivity index (χ2n) is 3.60. The fourth-order valence-corrected chi connectivity index (χ4v) is 1.74. The molecule has 2 heterocycles. The Balaban J connectivity index is 1.97. The number of aromatic nitrogens is 3. The minimum Gasteiger partial charge on any atom is -0.337 e. The maximum Gasteiger partial charge on any atom is 0.178 e. The van der Waals surface area contributed by atoms with Gasteiger partial charge in [-0.2, -0.15) is 5.10 Å². The molecule has 0 saturated heterocycles. The molecule has 3 aromatic rings. The van der Waals surface area contributed by atoms with Gasteiger partial charge in [-0.1, -0.05) is 11.6 Å². The molecule has 0 aliphatic carbocycles. The Hall–Kier alpha value is -2.07. The zero-order valence-electron chi connectivity index (χ0n) is 8.81. The van der Waals surface area contributed by atoms with Crippen LogP contribution in [0.5, 0.6) is 0 Å². The highest BCUT2D eigenvalue weighted by Crippen LogP contribution is 2.22. The van der Waals surface area contributed by atoms with Crippen LogP contribution in [0.25, 0.3) is 11.0 Å². The van der Waals surface area contributed by atoms with Gasteiger partial charge in [0, 0.05) is 16.9 Å². The number of aromatic amines is 1. The number of benzene rings is 1. The van der Waals surface area contributed by atoms with E-state index in [2.05, 4.69) is 20.5 Å². The third-order valence-electron chi connectivity index (χ3n) is 2.43. The Bertz CT molecular complexity index is 645. The number of nitrogens with zero attached hydrogens (tertiary/aromatic N) is 2. The van der Waals surface area contributed by atoms with Crippen molar-refractivity contribution >= 4 is 34.1 Å². The highest BCUT2D eigenvalue weighted by atomic mass is 35.5. The van der Waals surface area contributed by atoms with Crippen molar-refractivity contribution in [2.24, 2.45) is 0 Å². The molecule has 0 spiro atoms. The van der Waals surface area contributed by atoms with Gasteiger partial charge in [-0.3, -0.25) is 10.1 Å². The second kappa shape index (κ2) is 4.07. The molecule has 0 saturated carbocycles. The summed E-state index contributed by atoms with van der Waals surface area (Å²) in [5, 5.41) is 11.0. The maximum atomic E-state index is 5.83. The van der Waals surface area contributed by atoms with Crippen LogP contribution in [0.15, 0.2) is 42.6 Å². The Labute approximate surface area is 103 Å². The summed E-state index contributed by atoms with van der Waals surface area (Å²) in [6, 6.07) is 11.2. The molecule has 2 aromatic heterocycles. The number of H-pyrrole nitrogens is 1. The van der Waals surface area contributed by atoms with Crippen molar-refractivity contribution in [3.63, 3.8) is 0 Å². The largest absolute Gasteiger partial charge is 0.337 e. The average molecular weight is 245 g/mol. The van der Waals surface area contributed by atoms with Gasteiger partial charge in [0.05, 0.1) is 5.52 Å². The first-order chi connectivity index (χ1) is 8.33. The van der Waals surface area contributed by atoms with Crippen LogP contribution in [0.3, 0.4) is 0 Å². The summed E-state index contributed by atoms with van der Waals surface area (Å²) in [5.74, 6) is 0.711. The van der Waals surface area contributed by atoms with Gasteiger partial charge < -0.3 is 5.32 Å². The van der Waals surface area contributed by atoms with E-state index in [-0.39, 0.29) is 0 Å². The summed E-state index contributed by atoms with van der Waals surface area (Å²) >= 11 is 5.83. The molecule has 1 aromatic carbocycles. The number of pyridine rings is 1. The van der Waals surface area contributed by atoms with Gasteiger partial charge in [-0.05, 0) is 36.4 Å². The van der Waals surface area contributed by atoms with Crippen LogP contribution in [0.2, 0.25) is 5.02 Å². The molecule has 0 aliphatic rings. The minimum atomic E-state index is 0.709. The van der Waals surface area contributed by atoms with E-state index in [1.165, 1.54) is 0 Å². The first-order valence-corrected chi connectivity index (χ1v) is 5.52. The van der Waals surface area contributed by atoms with Gasteiger partial charge >= 0.3 is 0 Å². The Morgan fingerprint density at radius 3 is 2.76 bits per heavy atom. The number of nitrogens with one attached hydrogen (secondary N) is 2. The lowest BCUT2D eigenvalue weighted by Crippen LogP contribution is -1.91. The fourth-order valence-electron chi connectivity index (χ4n) is 1.61. The van der Waals surface area contributed by atoms with Gasteiger partial charge in [-0.15, -0.1) is 0 Å². The molecule has 0 atom stereocenters. The summed E-state index contributed by atoms with van der Waals surface area (Å²) < 4.78 is 0. The van der Waals surface area contributed by atoms with E-state index in [9.17, 15) is 0 Å². The Kier molecular flexibility index (Phi) is 2.42. The molecule has 5 heteroatoms.